The summed E-state index contributed by atoms with van der Waals surface area (Å²) in [6.07, 6.45) is 0.863. The molecule has 1 aromatic carbocycles. The fourth-order valence-electron chi connectivity index (χ4n) is 3.12. The van der Waals surface area contributed by atoms with Crippen LogP contribution in [0.4, 0.5) is 0 Å². The molecule has 0 fully saturated rings. The van der Waals surface area contributed by atoms with Gasteiger partial charge in [-0.15, -0.1) is 21.5 Å². The Balaban J connectivity index is 1.48. The second kappa shape index (κ2) is 9.53. The molecule has 0 bridgehead atoms. The van der Waals surface area contributed by atoms with Crippen molar-refractivity contribution in [2.24, 2.45) is 0 Å². The van der Waals surface area contributed by atoms with E-state index in [1.165, 1.54) is 11.8 Å². The third-order valence-corrected chi connectivity index (χ3v) is 6.38. The first kappa shape index (κ1) is 20.7. The molecule has 1 amide bonds. The fourth-order valence-corrected chi connectivity index (χ4v) is 4.66. The van der Waals surface area contributed by atoms with Gasteiger partial charge in [0.05, 0.1) is 25.5 Å². The third-order valence-electron chi connectivity index (χ3n) is 4.56. The van der Waals surface area contributed by atoms with E-state index in [2.05, 4.69) is 33.9 Å². The summed E-state index contributed by atoms with van der Waals surface area (Å²) >= 11 is 3.02. The van der Waals surface area contributed by atoms with Crippen LogP contribution in [0, 0.1) is 0 Å². The third kappa shape index (κ3) is 4.79. The van der Waals surface area contributed by atoms with Crippen molar-refractivity contribution in [1.82, 2.24) is 20.1 Å². The van der Waals surface area contributed by atoms with E-state index in [1.807, 2.05) is 35.7 Å². The van der Waals surface area contributed by atoms with Crippen LogP contribution >= 0.6 is 23.1 Å². The number of nitrogens with one attached hydrogen (secondary N) is 1. The molecule has 9 heteroatoms. The van der Waals surface area contributed by atoms with E-state index < -0.39 is 0 Å². The van der Waals surface area contributed by atoms with Crippen molar-refractivity contribution in [3.8, 4) is 22.9 Å². The van der Waals surface area contributed by atoms with Crippen molar-refractivity contribution in [1.29, 1.82) is 0 Å². The van der Waals surface area contributed by atoms with Crippen LogP contribution < -0.4 is 14.8 Å². The van der Waals surface area contributed by atoms with Gasteiger partial charge in [-0.25, -0.2) is 0 Å². The van der Waals surface area contributed by atoms with Crippen LogP contribution in [0.3, 0.4) is 0 Å². The largest absolute Gasteiger partial charge is 0.490 e. The van der Waals surface area contributed by atoms with Crippen molar-refractivity contribution < 1.29 is 14.3 Å². The number of hydrogen-bond acceptors (Lipinski definition) is 7. The van der Waals surface area contributed by atoms with E-state index in [4.69, 9.17) is 9.47 Å². The number of carbonyl (C=O) groups is 1. The summed E-state index contributed by atoms with van der Waals surface area (Å²) in [7, 11) is 0. The smallest absolute Gasteiger partial charge is 0.230 e. The van der Waals surface area contributed by atoms with Gasteiger partial charge in [0.2, 0.25) is 5.91 Å². The van der Waals surface area contributed by atoms with Crippen LogP contribution in [0.5, 0.6) is 11.5 Å². The average Bonchev–Trinajstić information content (AvgIpc) is 3.35. The quantitative estimate of drug-likeness (QED) is 0.552. The standard InChI is InChI=1S/C21H24N4O3S2/c1-14(2)25-20(15-6-7-17-18(11-15)28-9-4-8-27-17)23-24-21(25)30-13-19(26)22-12-16-5-3-10-29-16/h3,5-7,10-11,14H,4,8-9,12-13H2,1-2H3,(H,22,26). The van der Waals surface area contributed by atoms with Gasteiger partial charge in [-0.3, -0.25) is 9.36 Å². The number of thiophene rings is 1. The predicted octanol–water partition coefficient (Wildman–Crippen LogP) is 4.16. The maximum atomic E-state index is 12.2. The molecule has 4 rings (SSSR count). The van der Waals surface area contributed by atoms with Crippen LogP contribution in [0.1, 0.15) is 31.2 Å². The monoisotopic (exact) mass is 444 g/mol. The van der Waals surface area contributed by atoms with E-state index in [9.17, 15) is 4.79 Å². The Morgan fingerprint density at radius 3 is 2.83 bits per heavy atom. The van der Waals surface area contributed by atoms with E-state index >= 15 is 0 Å². The highest BCUT2D eigenvalue weighted by atomic mass is 32.2. The Labute approximate surface area is 183 Å². The number of fused-ring (bicyclic) bond motifs is 1. The first-order chi connectivity index (χ1) is 14.6. The SMILES string of the molecule is CC(C)n1c(SCC(=O)NCc2cccs2)nnc1-c1ccc2c(c1)OCCCO2. The van der Waals surface area contributed by atoms with Gasteiger partial charge in [-0.05, 0) is 43.5 Å². The van der Waals surface area contributed by atoms with Gasteiger partial charge in [0.15, 0.2) is 22.5 Å². The second-order valence-corrected chi connectivity index (χ2v) is 9.10. The van der Waals surface area contributed by atoms with Crippen LogP contribution in [-0.4, -0.2) is 39.6 Å². The number of aromatic nitrogens is 3. The highest BCUT2D eigenvalue weighted by Gasteiger charge is 2.20. The molecule has 0 spiro atoms. The number of ether oxygens (including phenoxy) is 2. The van der Waals surface area contributed by atoms with Crippen molar-refractivity contribution >= 4 is 29.0 Å². The van der Waals surface area contributed by atoms with Gasteiger partial charge in [0.1, 0.15) is 0 Å². The molecule has 0 aliphatic carbocycles. The van der Waals surface area contributed by atoms with Gasteiger partial charge in [-0.1, -0.05) is 17.8 Å². The molecule has 7 nitrogen and oxygen atoms in total. The lowest BCUT2D eigenvalue weighted by molar-refractivity contribution is -0.118. The summed E-state index contributed by atoms with van der Waals surface area (Å²) in [4.78, 5) is 13.4. The lowest BCUT2D eigenvalue weighted by atomic mass is 10.2. The summed E-state index contributed by atoms with van der Waals surface area (Å²) in [6, 6.07) is 9.97. The molecule has 1 aliphatic rings. The van der Waals surface area contributed by atoms with Crippen LogP contribution in [0.2, 0.25) is 0 Å². The molecular weight excluding hydrogens is 420 g/mol. The van der Waals surface area contributed by atoms with Gasteiger partial charge in [0.25, 0.3) is 0 Å². The van der Waals surface area contributed by atoms with E-state index in [-0.39, 0.29) is 17.7 Å². The number of thioether (sulfide) groups is 1. The lowest BCUT2D eigenvalue weighted by Gasteiger charge is -2.15. The first-order valence-corrected chi connectivity index (χ1v) is 11.7. The van der Waals surface area contributed by atoms with Crippen LogP contribution in [0.25, 0.3) is 11.4 Å². The molecule has 158 valence electrons. The molecule has 0 atom stereocenters. The summed E-state index contributed by atoms with van der Waals surface area (Å²) in [5.74, 6) is 2.50. The molecule has 2 aromatic heterocycles. The number of rotatable bonds is 7. The zero-order chi connectivity index (χ0) is 20.9. The van der Waals surface area contributed by atoms with Crippen LogP contribution in [-0.2, 0) is 11.3 Å². The summed E-state index contributed by atoms with van der Waals surface area (Å²) < 4.78 is 13.6. The Kier molecular flexibility index (Phi) is 6.59. The Morgan fingerprint density at radius 1 is 1.23 bits per heavy atom. The molecule has 1 aliphatic heterocycles. The minimum Gasteiger partial charge on any atom is -0.490 e. The number of carbonyl (C=O) groups excluding carboxylic acids is 1. The second-order valence-electron chi connectivity index (χ2n) is 7.13. The number of nitrogens with zero attached hydrogens (tertiary/aromatic N) is 3. The van der Waals surface area contributed by atoms with E-state index in [1.54, 1.807) is 11.3 Å². The van der Waals surface area contributed by atoms with Crippen molar-refractivity contribution in [2.45, 2.75) is 38.0 Å². The maximum absolute atomic E-state index is 12.2. The molecule has 30 heavy (non-hydrogen) atoms. The van der Waals surface area contributed by atoms with Crippen molar-refractivity contribution in [2.75, 3.05) is 19.0 Å². The summed E-state index contributed by atoms with van der Waals surface area (Å²) in [5, 5.41) is 14.4. The maximum Gasteiger partial charge on any atom is 0.230 e. The predicted molar refractivity (Wildman–Crippen MR) is 118 cm³/mol. The number of amides is 1. The minimum absolute atomic E-state index is 0.0242. The molecule has 3 heterocycles. The van der Waals surface area contributed by atoms with E-state index in [0.717, 1.165) is 39.3 Å². The average molecular weight is 445 g/mol. The molecule has 3 aromatic rings. The highest BCUT2D eigenvalue weighted by Crippen LogP contribution is 2.35. The zero-order valence-electron chi connectivity index (χ0n) is 17.0. The Bertz CT molecular complexity index is 1000. The van der Waals surface area contributed by atoms with Crippen LogP contribution in [0.15, 0.2) is 40.9 Å². The molecule has 0 saturated heterocycles. The highest BCUT2D eigenvalue weighted by molar-refractivity contribution is 7.99. The van der Waals surface area contributed by atoms with Gasteiger partial charge in [-0.2, -0.15) is 0 Å². The summed E-state index contributed by atoms with van der Waals surface area (Å²) in [6.45, 7) is 6.00. The van der Waals surface area contributed by atoms with E-state index in [0.29, 0.717) is 19.8 Å². The van der Waals surface area contributed by atoms with Gasteiger partial charge >= 0.3 is 0 Å². The normalized spacial score (nSPS) is 13.3. The fraction of sp³-hybridized carbons (Fsp3) is 0.381. The molecule has 0 saturated carbocycles. The molecule has 0 unspecified atom stereocenters. The van der Waals surface area contributed by atoms with Gasteiger partial charge < -0.3 is 14.8 Å². The Hall–Kier alpha value is -2.52. The topological polar surface area (TPSA) is 78.3 Å². The number of hydrogen-bond donors (Lipinski definition) is 1. The minimum atomic E-state index is -0.0242. The molecular formula is C21H24N4O3S2. The number of benzene rings is 1. The molecule has 0 radical (unpaired) electrons. The zero-order valence-corrected chi connectivity index (χ0v) is 18.6. The van der Waals surface area contributed by atoms with Gasteiger partial charge in [0, 0.05) is 22.9 Å². The first-order valence-electron chi connectivity index (χ1n) is 9.88. The van der Waals surface area contributed by atoms with Crippen molar-refractivity contribution in [3.05, 3.63) is 40.6 Å². The van der Waals surface area contributed by atoms with Crippen molar-refractivity contribution in [3.63, 3.8) is 0 Å². The lowest BCUT2D eigenvalue weighted by Crippen LogP contribution is -2.24. The molecule has 1 N–H and O–H groups in total. The Morgan fingerprint density at radius 2 is 2.07 bits per heavy atom. The summed E-state index contributed by atoms with van der Waals surface area (Å²) in [5.41, 5.74) is 0.912.